The topological polar surface area (TPSA) is 103 Å². The Labute approximate surface area is 183 Å². The molecule has 0 saturated carbocycles. The first kappa shape index (κ1) is 20.4. The largest absolute Gasteiger partial charge is 0.450 e. The van der Waals surface area contributed by atoms with E-state index in [1.165, 1.54) is 12.1 Å². The minimum Gasteiger partial charge on any atom is -0.450 e. The lowest BCUT2D eigenvalue weighted by molar-refractivity contribution is -0.384. The van der Waals surface area contributed by atoms with Gasteiger partial charge in [-0.3, -0.25) is 19.7 Å². The van der Waals surface area contributed by atoms with E-state index < -0.39 is 16.9 Å². The summed E-state index contributed by atoms with van der Waals surface area (Å²) in [4.78, 5) is 39.5. The number of carbonyl (C=O) groups excluding carboxylic acids is 1. The normalized spacial score (nSPS) is 20.2. The number of non-ortho nitro benzene ring substituents is 1. The second-order valence-electron chi connectivity index (χ2n) is 8.45. The predicted octanol–water partition coefficient (Wildman–Crippen LogP) is 4.04. The fourth-order valence-corrected chi connectivity index (χ4v) is 4.63. The van der Waals surface area contributed by atoms with Gasteiger partial charge in [0.15, 0.2) is 5.43 Å². The molecule has 0 aliphatic carbocycles. The average Bonchev–Trinajstić information content (AvgIpc) is 3.37. The highest BCUT2D eigenvalue weighted by Crippen LogP contribution is 2.40. The third-order valence-electron chi connectivity index (χ3n) is 6.40. The first-order valence-corrected chi connectivity index (χ1v) is 10.6. The van der Waals surface area contributed by atoms with Crippen molar-refractivity contribution < 1.29 is 18.9 Å². The molecule has 5 rings (SSSR count). The van der Waals surface area contributed by atoms with Crippen LogP contribution in [-0.2, 0) is 4.74 Å². The van der Waals surface area contributed by atoms with Crippen molar-refractivity contribution in [2.24, 2.45) is 0 Å². The van der Waals surface area contributed by atoms with Gasteiger partial charge in [0, 0.05) is 25.3 Å². The lowest BCUT2D eigenvalue weighted by Crippen LogP contribution is -2.36. The minimum atomic E-state index is -0.774. The second kappa shape index (κ2) is 7.56. The van der Waals surface area contributed by atoms with E-state index in [0.717, 1.165) is 24.0 Å². The van der Waals surface area contributed by atoms with Crippen LogP contribution >= 0.6 is 0 Å². The second-order valence-corrected chi connectivity index (χ2v) is 8.45. The van der Waals surface area contributed by atoms with Crippen LogP contribution in [0.3, 0.4) is 0 Å². The summed E-state index contributed by atoms with van der Waals surface area (Å²) >= 11 is 0. The number of ether oxygens (including phenoxy) is 1. The summed E-state index contributed by atoms with van der Waals surface area (Å²) in [7, 11) is 0. The van der Waals surface area contributed by atoms with Crippen LogP contribution in [0.1, 0.15) is 51.7 Å². The van der Waals surface area contributed by atoms with Crippen molar-refractivity contribution in [2.45, 2.75) is 38.8 Å². The molecule has 1 saturated heterocycles. The number of benzene rings is 2. The number of carbonyl (C=O) groups is 1. The van der Waals surface area contributed by atoms with Gasteiger partial charge in [-0.2, -0.15) is 0 Å². The van der Waals surface area contributed by atoms with Crippen LogP contribution in [0.5, 0.6) is 0 Å². The average molecular weight is 434 g/mol. The molecule has 0 N–H and O–H groups in total. The first-order valence-electron chi connectivity index (χ1n) is 10.6. The Hall–Kier alpha value is -3.52. The molecule has 1 amide bonds. The van der Waals surface area contributed by atoms with Crippen LogP contribution in [-0.4, -0.2) is 35.0 Å². The quantitative estimate of drug-likeness (QED) is 0.453. The number of rotatable bonds is 4. The van der Waals surface area contributed by atoms with E-state index in [0.29, 0.717) is 23.1 Å². The van der Waals surface area contributed by atoms with Crippen molar-refractivity contribution in [1.82, 2.24) is 4.90 Å². The van der Waals surface area contributed by atoms with Gasteiger partial charge in [0.05, 0.1) is 28.0 Å². The Bertz CT molecular complexity index is 1320. The van der Waals surface area contributed by atoms with Crippen LogP contribution in [0.15, 0.2) is 45.6 Å². The summed E-state index contributed by atoms with van der Waals surface area (Å²) in [5.74, 6) is -0.399. The van der Waals surface area contributed by atoms with Crippen LogP contribution in [0.2, 0.25) is 0 Å². The van der Waals surface area contributed by atoms with E-state index in [-0.39, 0.29) is 35.1 Å². The van der Waals surface area contributed by atoms with Crippen LogP contribution in [0.25, 0.3) is 11.0 Å². The van der Waals surface area contributed by atoms with Crippen molar-refractivity contribution in [3.63, 3.8) is 0 Å². The van der Waals surface area contributed by atoms with Crippen LogP contribution < -0.4 is 5.43 Å². The van der Waals surface area contributed by atoms with Crippen LogP contribution in [0.4, 0.5) is 5.69 Å². The highest BCUT2D eigenvalue weighted by molar-refractivity contribution is 5.99. The molecule has 3 aromatic rings. The van der Waals surface area contributed by atoms with Gasteiger partial charge in [0.1, 0.15) is 5.58 Å². The summed E-state index contributed by atoms with van der Waals surface area (Å²) in [6.07, 6.45) is 1.56. The molecule has 3 heterocycles. The number of nitro groups is 1. The SMILES string of the molecule is Cc1cc2oc3c(c(=O)c2cc1C)[C@H](c1cccc([N+](=O)[O-])c1)N(C[C@@H]1CCCO1)C3=O. The number of amides is 1. The van der Waals surface area contributed by atoms with E-state index in [2.05, 4.69) is 0 Å². The van der Waals surface area contributed by atoms with Crippen molar-refractivity contribution >= 4 is 22.6 Å². The molecular weight excluding hydrogens is 412 g/mol. The van der Waals surface area contributed by atoms with Crippen molar-refractivity contribution in [1.29, 1.82) is 0 Å². The number of nitrogens with zero attached hydrogens (tertiary/aromatic N) is 2. The van der Waals surface area contributed by atoms with Crippen molar-refractivity contribution in [2.75, 3.05) is 13.2 Å². The maximum Gasteiger partial charge on any atom is 0.291 e. The van der Waals surface area contributed by atoms with Gasteiger partial charge in [-0.05, 0) is 55.5 Å². The molecule has 0 unspecified atom stereocenters. The molecular formula is C24H22N2O6. The van der Waals surface area contributed by atoms with E-state index in [1.807, 2.05) is 13.8 Å². The molecule has 164 valence electrons. The van der Waals surface area contributed by atoms with Gasteiger partial charge in [-0.1, -0.05) is 12.1 Å². The molecule has 0 radical (unpaired) electrons. The zero-order valence-corrected chi connectivity index (χ0v) is 17.8. The van der Waals surface area contributed by atoms with E-state index >= 15 is 0 Å². The Kier molecular flexibility index (Phi) is 4.82. The summed E-state index contributed by atoms with van der Waals surface area (Å²) in [5, 5.41) is 11.8. The molecule has 8 heteroatoms. The lowest BCUT2D eigenvalue weighted by atomic mass is 9.97. The number of fused-ring (bicyclic) bond motifs is 2. The fourth-order valence-electron chi connectivity index (χ4n) is 4.63. The fraction of sp³-hybridized carbons (Fsp3) is 0.333. The van der Waals surface area contributed by atoms with Gasteiger partial charge < -0.3 is 14.1 Å². The molecule has 2 aromatic carbocycles. The molecule has 1 aromatic heterocycles. The summed E-state index contributed by atoms with van der Waals surface area (Å²) in [6.45, 7) is 4.73. The van der Waals surface area contributed by atoms with E-state index in [1.54, 1.807) is 29.2 Å². The van der Waals surface area contributed by atoms with E-state index in [4.69, 9.17) is 9.15 Å². The highest BCUT2D eigenvalue weighted by atomic mass is 16.6. The highest BCUT2D eigenvalue weighted by Gasteiger charge is 2.44. The standard InChI is InChI=1S/C24H22N2O6/c1-13-9-18-19(10-14(13)2)32-23-20(22(18)27)21(15-5-3-6-16(11-15)26(29)30)25(24(23)28)12-17-7-4-8-31-17/h3,5-6,9-11,17,21H,4,7-8,12H2,1-2H3/t17-,21-/m0/s1. The third-order valence-corrected chi connectivity index (χ3v) is 6.40. The Balaban J connectivity index is 1.73. The van der Waals surface area contributed by atoms with Gasteiger partial charge in [0.2, 0.25) is 5.76 Å². The maximum absolute atomic E-state index is 13.6. The van der Waals surface area contributed by atoms with Crippen molar-refractivity contribution in [3.8, 4) is 0 Å². The summed E-state index contributed by atoms with van der Waals surface area (Å²) in [6, 6.07) is 8.84. The maximum atomic E-state index is 13.6. The molecule has 32 heavy (non-hydrogen) atoms. The summed E-state index contributed by atoms with van der Waals surface area (Å²) < 4.78 is 11.7. The Morgan fingerprint density at radius 3 is 2.66 bits per heavy atom. The number of nitro benzene ring substituents is 1. The monoisotopic (exact) mass is 434 g/mol. The third kappa shape index (κ3) is 3.18. The molecule has 2 aliphatic heterocycles. The lowest BCUT2D eigenvalue weighted by Gasteiger charge is -2.27. The first-order chi connectivity index (χ1) is 15.3. The molecule has 2 atom stereocenters. The molecule has 8 nitrogen and oxygen atoms in total. The zero-order chi connectivity index (χ0) is 22.6. The smallest absolute Gasteiger partial charge is 0.291 e. The van der Waals surface area contributed by atoms with Gasteiger partial charge in [-0.15, -0.1) is 0 Å². The Morgan fingerprint density at radius 2 is 1.94 bits per heavy atom. The molecule has 2 aliphatic rings. The van der Waals surface area contributed by atoms with Crippen LogP contribution in [0, 0.1) is 24.0 Å². The molecule has 0 spiro atoms. The molecule has 0 bridgehead atoms. The summed E-state index contributed by atoms with van der Waals surface area (Å²) in [5.41, 5.74) is 2.60. The van der Waals surface area contributed by atoms with Gasteiger partial charge >= 0.3 is 0 Å². The Morgan fingerprint density at radius 1 is 1.16 bits per heavy atom. The van der Waals surface area contributed by atoms with Gasteiger partial charge in [0.25, 0.3) is 11.6 Å². The van der Waals surface area contributed by atoms with E-state index in [9.17, 15) is 19.7 Å². The molecule has 1 fully saturated rings. The van der Waals surface area contributed by atoms with Gasteiger partial charge in [-0.25, -0.2) is 0 Å². The number of hydrogen-bond donors (Lipinski definition) is 0. The predicted molar refractivity (Wildman–Crippen MR) is 117 cm³/mol. The minimum absolute atomic E-state index is 0.000237. The zero-order valence-electron chi connectivity index (χ0n) is 17.8. The van der Waals surface area contributed by atoms with Crippen molar-refractivity contribution in [3.05, 3.63) is 84.7 Å². The number of hydrogen-bond acceptors (Lipinski definition) is 6. The number of aryl methyl sites for hydroxylation is 2.